The molecule has 12 heteroatoms. The molecule has 0 spiro atoms. The van der Waals surface area contributed by atoms with Gasteiger partial charge in [0, 0.05) is 29.8 Å². The SMILES string of the molecule is CCOc1cc(N2C(=NC(=O)CCCC(=O)O)S[C@H]3CS(=O)(=O)C[C@@H]32)cc(Br)c1OCC. The minimum absolute atomic E-state index is 0.00893. The van der Waals surface area contributed by atoms with Crippen molar-refractivity contribution in [3.8, 4) is 11.5 Å². The first-order valence-corrected chi connectivity index (χ1v) is 13.7. The van der Waals surface area contributed by atoms with Crippen molar-refractivity contribution in [2.75, 3.05) is 29.6 Å². The van der Waals surface area contributed by atoms with Crippen LogP contribution in [0.4, 0.5) is 5.69 Å². The summed E-state index contributed by atoms with van der Waals surface area (Å²) in [6, 6.07) is 3.19. The minimum Gasteiger partial charge on any atom is -0.490 e. The van der Waals surface area contributed by atoms with Gasteiger partial charge < -0.3 is 19.5 Å². The summed E-state index contributed by atoms with van der Waals surface area (Å²) in [6.45, 7) is 4.57. The molecule has 0 unspecified atom stereocenters. The summed E-state index contributed by atoms with van der Waals surface area (Å²) >= 11 is 4.78. The van der Waals surface area contributed by atoms with Crippen LogP contribution in [-0.2, 0) is 19.4 Å². The molecule has 1 aromatic carbocycles. The number of carbonyl (C=O) groups excluding carboxylic acids is 1. The van der Waals surface area contributed by atoms with Crippen molar-refractivity contribution in [2.24, 2.45) is 4.99 Å². The first-order chi connectivity index (χ1) is 15.1. The van der Waals surface area contributed by atoms with Crippen molar-refractivity contribution < 1.29 is 32.6 Å². The van der Waals surface area contributed by atoms with E-state index in [1.807, 2.05) is 13.8 Å². The zero-order valence-corrected chi connectivity index (χ0v) is 21.0. The number of aliphatic imine (C=N–C) groups is 1. The van der Waals surface area contributed by atoms with E-state index in [4.69, 9.17) is 14.6 Å². The zero-order valence-electron chi connectivity index (χ0n) is 17.7. The Morgan fingerprint density at radius 3 is 2.59 bits per heavy atom. The van der Waals surface area contributed by atoms with Gasteiger partial charge >= 0.3 is 5.97 Å². The molecule has 0 aliphatic carbocycles. The summed E-state index contributed by atoms with van der Waals surface area (Å²) in [5.74, 6) is -0.377. The molecule has 2 fully saturated rings. The molecule has 1 aromatic rings. The number of anilines is 1. The molecule has 2 heterocycles. The molecule has 0 saturated carbocycles. The van der Waals surface area contributed by atoms with Gasteiger partial charge in [-0.2, -0.15) is 4.99 Å². The Bertz CT molecular complexity index is 1030. The number of carboxylic acids is 1. The maximum absolute atomic E-state index is 12.4. The van der Waals surface area contributed by atoms with E-state index in [0.29, 0.717) is 40.0 Å². The molecule has 176 valence electrons. The number of halogens is 1. The molecular formula is C20H25BrN2O7S2. The van der Waals surface area contributed by atoms with Crippen molar-refractivity contribution in [3.05, 3.63) is 16.6 Å². The molecule has 2 atom stereocenters. The topological polar surface area (TPSA) is 123 Å². The minimum atomic E-state index is -3.20. The normalized spacial score (nSPS) is 22.7. The van der Waals surface area contributed by atoms with Gasteiger partial charge in [-0.15, -0.1) is 0 Å². The molecule has 2 aliphatic heterocycles. The van der Waals surface area contributed by atoms with Gasteiger partial charge in [0.25, 0.3) is 0 Å². The Kier molecular flexibility index (Phi) is 8.10. The van der Waals surface area contributed by atoms with Crippen LogP contribution in [0.2, 0.25) is 0 Å². The first-order valence-electron chi connectivity index (χ1n) is 10.2. The summed E-state index contributed by atoms with van der Waals surface area (Å²) in [5.41, 5.74) is 0.637. The number of amides is 1. The molecule has 1 N–H and O–H groups in total. The number of benzene rings is 1. The summed E-state index contributed by atoms with van der Waals surface area (Å²) in [5, 5.41) is 8.94. The van der Waals surface area contributed by atoms with E-state index in [2.05, 4.69) is 20.9 Å². The van der Waals surface area contributed by atoms with Gasteiger partial charge in [-0.1, -0.05) is 11.8 Å². The van der Waals surface area contributed by atoms with Gasteiger partial charge in [-0.05, 0) is 42.3 Å². The summed E-state index contributed by atoms with van der Waals surface area (Å²) < 4.78 is 36.6. The van der Waals surface area contributed by atoms with Gasteiger partial charge in [-0.25, -0.2) is 8.42 Å². The van der Waals surface area contributed by atoms with E-state index < -0.39 is 21.7 Å². The number of carbonyl (C=O) groups is 2. The number of thioether (sulfide) groups is 1. The van der Waals surface area contributed by atoms with Crippen molar-refractivity contribution in [3.63, 3.8) is 0 Å². The number of aliphatic carboxylic acids is 1. The Balaban J connectivity index is 1.97. The third kappa shape index (κ3) is 5.76. The van der Waals surface area contributed by atoms with E-state index in [9.17, 15) is 18.0 Å². The lowest BCUT2D eigenvalue weighted by atomic mass is 10.2. The Morgan fingerprint density at radius 2 is 1.94 bits per heavy atom. The number of nitrogens with zero attached hydrogens (tertiary/aromatic N) is 2. The van der Waals surface area contributed by atoms with Crippen molar-refractivity contribution >= 4 is 60.3 Å². The highest BCUT2D eigenvalue weighted by molar-refractivity contribution is 9.10. The zero-order chi connectivity index (χ0) is 23.5. The van der Waals surface area contributed by atoms with Crippen LogP contribution in [0, 0.1) is 0 Å². The highest BCUT2D eigenvalue weighted by atomic mass is 79.9. The standard InChI is InChI=1S/C20H25BrN2O7S2/c1-3-29-15-9-12(8-13(21)19(15)30-4-2)23-14-10-32(27,28)11-16(14)31-20(23)22-17(24)6-5-7-18(25)26/h8-9,14,16H,3-7,10-11H2,1-2H3,(H,25,26)/t14-,16-/m0/s1. The third-order valence-electron chi connectivity index (χ3n) is 4.93. The average molecular weight is 549 g/mol. The van der Waals surface area contributed by atoms with Crippen molar-refractivity contribution in [2.45, 2.75) is 44.4 Å². The number of sulfone groups is 1. The highest BCUT2D eigenvalue weighted by Crippen LogP contribution is 2.45. The molecule has 3 rings (SSSR count). The fraction of sp³-hybridized carbons (Fsp3) is 0.550. The number of amidine groups is 1. The van der Waals surface area contributed by atoms with Crippen LogP contribution in [0.15, 0.2) is 21.6 Å². The largest absolute Gasteiger partial charge is 0.490 e. The van der Waals surface area contributed by atoms with E-state index in [1.165, 1.54) is 11.8 Å². The number of ether oxygens (including phenoxy) is 2. The second kappa shape index (κ2) is 10.4. The predicted molar refractivity (Wildman–Crippen MR) is 127 cm³/mol. The molecule has 32 heavy (non-hydrogen) atoms. The van der Waals surface area contributed by atoms with Crippen LogP contribution < -0.4 is 14.4 Å². The molecular weight excluding hydrogens is 524 g/mol. The second-order valence-corrected chi connectivity index (χ2v) is 11.5. The fourth-order valence-corrected chi connectivity index (χ4v) is 8.14. The molecule has 2 saturated heterocycles. The van der Waals surface area contributed by atoms with Crippen LogP contribution in [0.3, 0.4) is 0 Å². The fourth-order valence-electron chi connectivity index (χ4n) is 3.66. The van der Waals surface area contributed by atoms with Crippen molar-refractivity contribution in [1.82, 2.24) is 0 Å². The lowest BCUT2D eigenvalue weighted by Gasteiger charge is -2.26. The number of hydrogen-bond acceptors (Lipinski definition) is 7. The van der Waals surface area contributed by atoms with Crippen LogP contribution in [-0.4, -0.2) is 66.6 Å². The smallest absolute Gasteiger partial charge is 0.303 e. The molecule has 2 aliphatic rings. The lowest BCUT2D eigenvalue weighted by molar-refractivity contribution is -0.137. The Labute approximate surface area is 199 Å². The van der Waals surface area contributed by atoms with Crippen molar-refractivity contribution in [1.29, 1.82) is 0 Å². The van der Waals surface area contributed by atoms with Gasteiger partial charge in [0.2, 0.25) is 5.91 Å². The average Bonchev–Trinajstić information content (AvgIpc) is 3.14. The first kappa shape index (κ1) is 24.8. The quantitative estimate of drug-likeness (QED) is 0.495. The highest BCUT2D eigenvalue weighted by Gasteiger charge is 2.49. The number of carboxylic acid groups (broad SMARTS) is 1. The Hall–Kier alpha value is -1.79. The van der Waals surface area contributed by atoms with Gasteiger partial charge in [0.1, 0.15) is 0 Å². The van der Waals surface area contributed by atoms with Gasteiger partial charge in [0.05, 0.1) is 35.2 Å². The molecule has 1 amide bonds. The van der Waals surface area contributed by atoms with Crippen LogP contribution >= 0.6 is 27.7 Å². The maximum Gasteiger partial charge on any atom is 0.303 e. The number of rotatable bonds is 9. The van der Waals surface area contributed by atoms with Crippen LogP contribution in [0.25, 0.3) is 0 Å². The molecule has 9 nitrogen and oxygen atoms in total. The number of fused-ring (bicyclic) bond motifs is 1. The van der Waals surface area contributed by atoms with Crippen LogP contribution in [0.5, 0.6) is 11.5 Å². The number of hydrogen-bond donors (Lipinski definition) is 1. The maximum atomic E-state index is 12.4. The Morgan fingerprint density at radius 1 is 1.22 bits per heavy atom. The summed E-state index contributed by atoms with van der Waals surface area (Å²) in [6.07, 6.45) is 0.0927. The van der Waals surface area contributed by atoms with Crippen LogP contribution in [0.1, 0.15) is 33.1 Å². The van der Waals surface area contributed by atoms with E-state index >= 15 is 0 Å². The second-order valence-electron chi connectivity index (χ2n) is 7.33. The summed E-state index contributed by atoms with van der Waals surface area (Å²) in [7, 11) is -3.20. The molecule has 0 radical (unpaired) electrons. The van der Waals surface area contributed by atoms with Gasteiger partial charge in [-0.3, -0.25) is 9.59 Å². The predicted octanol–water partition coefficient (Wildman–Crippen LogP) is 3.10. The monoisotopic (exact) mass is 548 g/mol. The third-order valence-corrected chi connectivity index (χ3v) is 8.73. The molecule has 0 bridgehead atoms. The van der Waals surface area contributed by atoms with E-state index in [0.717, 1.165) is 0 Å². The lowest BCUT2D eigenvalue weighted by Crippen LogP contribution is -2.37. The van der Waals surface area contributed by atoms with E-state index in [-0.39, 0.29) is 42.1 Å². The van der Waals surface area contributed by atoms with Gasteiger partial charge in [0.15, 0.2) is 26.5 Å². The summed E-state index contributed by atoms with van der Waals surface area (Å²) in [4.78, 5) is 29.1. The van der Waals surface area contributed by atoms with E-state index in [1.54, 1.807) is 17.0 Å². The molecule has 0 aromatic heterocycles.